The van der Waals surface area contributed by atoms with E-state index in [1.807, 2.05) is 54.6 Å². The highest BCUT2D eigenvalue weighted by atomic mass is 19.4. The van der Waals surface area contributed by atoms with Crippen LogP contribution >= 0.6 is 0 Å². The third kappa shape index (κ3) is 7.06. The summed E-state index contributed by atoms with van der Waals surface area (Å²) in [6, 6.07) is 26.3. The Balaban J connectivity index is 1.36. The topological polar surface area (TPSA) is 30.9 Å². The zero-order chi connectivity index (χ0) is 33.2. The van der Waals surface area contributed by atoms with Gasteiger partial charge in [-0.15, -0.1) is 0 Å². The third-order valence-electron chi connectivity index (χ3n) is 9.07. The summed E-state index contributed by atoms with van der Waals surface area (Å²) in [5.74, 6) is -2.68. The van der Waals surface area contributed by atoms with Gasteiger partial charge in [-0.25, -0.2) is 8.78 Å². The number of nitrogens with zero attached hydrogens (tertiary/aromatic N) is 1. The number of anilines is 1. The van der Waals surface area contributed by atoms with Crippen LogP contribution in [-0.4, -0.2) is 33.6 Å². The van der Waals surface area contributed by atoms with Crippen molar-refractivity contribution in [3.63, 3.8) is 0 Å². The lowest BCUT2D eigenvalue weighted by Gasteiger charge is -2.36. The van der Waals surface area contributed by atoms with Crippen LogP contribution in [0.4, 0.5) is 27.6 Å². The second-order valence-corrected chi connectivity index (χ2v) is 12.0. The van der Waals surface area contributed by atoms with Gasteiger partial charge in [-0.05, 0) is 82.6 Å². The van der Waals surface area contributed by atoms with Crippen LogP contribution in [0.2, 0.25) is 0 Å². The molecule has 0 atom stereocenters. The van der Waals surface area contributed by atoms with Crippen molar-refractivity contribution in [2.24, 2.45) is 5.92 Å². The lowest BCUT2D eigenvalue weighted by molar-refractivity contribution is -0.141. The number of fused-ring (bicyclic) bond motifs is 1. The number of hydrogen-bond acceptors (Lipinski definition) is 4. The largest absolute Gasteiger partial charge is 0.489 e. The zero-order valence-corrected chi connectivity index (χ0v) is 26.2. The molecular formula is C38H36F5NO3. The minimum atomic E-state index is -4.53. The number of rotatable bonds is 9. The van der Waals surface area contributed by atoms with E-state index in [1.165, 1.54) is 18.2 Å². The lowest BCUT2D eigenvalue weighted by Crippen LogP contribution is -2.39. The maximum Gasteiger partial charge on any atom is 0.416 e. The van der Waals surface area contributed by atoms with Gasteiger partial charge in [-0.2, -0.15) is 13.2 Å². The summed E-state index contributed by atoms with van der Waals surface area (Å²) >= 11 is 0. The van der Waals surface area contributed by atoms with Crippen molar-refractivity contribution in [2.75, 3.05) is 32.2 Å². The molecule has 47 heavy (non-hydrogen) atoms. The molecule has 0 spiro atoms. The van der Waals surface area contributed by atoms with Gasteiger partial charge in [0, 0.05) is 50.9 Å². The van der Waals surface area contributed by atoms with E-state index < -0.39 is 24.1 Å². The van der Waals surface area contributed by atoms with E-state index in [4.69, 9.17) is 14.2 Å². The van der Waals surface area contributed by atoms with E-state index >= 15 is 8.78 Å². The Bertz CT molecular complexity index is 1690. The maximum atomic E-state index is 16.0. The second-order valence-electron chi connectivity index (χ2n) is 12.0. The highest BCUT2D eigenvalue weighted by Crippen LogP contribution is 2.51. The van der Waals surface area contributed by atoms with Gasteiger partial charge < -0.3 is 19.1 Å². The highest BCUT2D eigenvalue weighted by Gasteiger charge is 2.42. The minimum Gasteiger partial charge on any atom is -0.489 e. The summed E-state index contributed by atoms with van der Waals surface area (Å²) < 4.78 is 88.9. The van der Waals surface area contributed by atoms with Crippen LogP contribution in [0.5, 0.6) is 5.75 Å². The molecule has 6 rings (SSSR count). The van der Waals surface area contributed by atoms with Crippen LogP contribution in [0.1, 0.15) is 52.6 Å². The molecule has 0 unspecified atom stereocenters. The zero-order valence-electron chi connectivity index (χ0n) is 26.2. The highest BCUT2D eigenvalue weighted by molar-refractivity contribution is 6.01. The normalized spacial score (nSPS) is 16.8. The van der Waals surface area contributed by atoms with Crippen molar-refractivity contribution >= 4 is 16.8 Å². The Morgan fingerprint density at radius 1 is 0.809 bits per heavy atom. The van der Waals surface area contributed by atoms with Crippen molar-refractivity contribution in [3.05, 3.63) is 130 Å². The van der Waals surface area contributed by atoms with E-state index in [0.29, 0.717) is 33.9 Å². The summed E-state index contributed by atoms with van der Waals surface area (Å²) in [6.07, 6.45) is -3.65. The van der Waals surface area contributed by atoms with Crippen LogP contribution in [0.15, 0.2) is 97.1 Å². The number of allylic oxidation sites excluding steroid dienone is 1. The lowest BCUT2D eigenvalue weighted by atomic mass is 9.77. The average molecular weight is 650 g/mol. The Morgan fingerprint density at radius 2 is 1.45 bits per heavy atom. The summed E-state index contributed by atoms with van der Waals surface area (Å²) in [7, 11) is 3.29. The molecule has 1 heterocycles. The van der Waals surface area contributed by atoms with Crippen LogP contribution in [0.25, 0.3) is 11.1 Å². The van der Waals surface area contributed by atoms with Crippen LogP contribution in [0.3, 0.4) is 0 Å². The molecule has 9 heteroatoms. The Kier molecular flexibility index (Phi) is 9.39. The predicted octanol–water partition coefficient (Wildman–Crippen LogP) is 9.57. The fraction of sp³-hybridized carbons (Fsp3) is 0.316. The molecule has 1 fully saturated rings. The van der Waals surface area contributed by atoms with Gasteiger partial charge in [0.25, 0.3) is 5.92 Å². The fourth-order valence-corrected chi connectivity index (χ4v) is 6.63. The number of hydrogen-bond donors (Lipinski definition) is 0. The molecule has 4 nitrogen and oxygen atoms in total. The first-order chi connectivity index (χ1) is 22.6. The summed E-state index contributed by atoms with van der Waals surface area (Å²) in [6.45, 7) is 1.85. The molecule has 4 aromatic carbocycles. The number of methoxy groups -OCH3 is 2. The quantitative estimate of drug-likeness (QED) is 0.134. The maximum absolute atomic E-state index is 16.0. The minimum absolute atomic E-state index is 0.175. The van der Waals surface area contributed by atoms with E-state index in [0.717, 1.165) is 49.3 Å². The Morgan fingerprint density at radius 3 is 2.06 bits per heavy atom. The Hall–Kier alpha value is -4.21. The van der Waals surface area contributed by atoms with E-state index in [2.05, 4.69) is 4.90 Å². The first-order valence-corrected chi connectivity index (χ1v) is 15.6. The third-order valence-corrected chi connectivity index (χ3v) is 9.07. The molecule has 0 aromatic heterocycles. The van der Waals surface area contributed by atoms with E-state index in [9.17, 15) is 13.2 Å². The number of halogens is 5. The Labute approximate surface area is 271 Å². The summed E-state index contributed by atoms with van der Waals surface area (Å²) in [4.78, 5) is 2.27. The molecule has 1 aliphatic heterocycles. The van der Waals surface area contributed by atoms with Gasteiger partial charge in [-0.3, -0.25) is 0 Å². The summed E-state index contributed by atoms with van der Waals surface area (Å²) in [5.41, 5.74) is 3.09. The SMILES string of the molecule is COC(OC)C1CCN(c2ccc(C3=C(c4ccc(C(F)(F)F)cc4)CC(F)(F)c4cc(OCc5ccccc5)ccc43)cc2)CC1. The molecule has 1 aliphatic carbocycles. The number of benzene rings is 4. The number of piperidine rings is 1. The molecule has 0 radical (unpaired) electrons. The predicted molar refractivity (Wildman–Crippen MR) is 172 cm³/mol. The second kappa shape index (κ2) is 13.5. The molecule has 246 valence electrons. The van der Waals surface area contributed by atoms with Crippen molar-refractivity contribution < 1.29 is 36.2 Å². The molecule has 4 aromatic rings. The summed E-state index contributed by atoms with van der Waals surface area (Å²) in [5, 5.41) is 0. The molecule has 1 saturated heterocycles. The smallest absolute Gasteiger partial charge is 0.416 e. The van der Waals surface area contributed by atoms with Crippen molar-refractivity contribution in [2.45, 2.75) is 44.3 Å². The van der Waals surface area contributed by atoms with Gasteiger partial charge in [0.1, 0.15) is 12.4 Å². The van der Waals surface area contributed by atoms with Gasteiger partial charge in [-0.1, -0.05) is 60.7 Å². The molecule has 0 amide bonds. The van der Waals surface area contributed by atoms with Crippen LogP contribution in [-0.2, 0) is 28.2 Å². The average Bonchev–Trinajstić information content (AvgIpc) is 3.08. The molecule has 0 N–H and O–H groups in total. The van der Waals surface area contributed by atoms with Crippen LogP contribution < -0.4 is 9.64 Å². The van der Waals surface area contributed by atoms with E-state index in [1.54, 1.807) is 26.4 Å². The molecular weight excluding hydrogens is 613 g/mol. The number of ether oxygens (including phenoxy) is 3. The molecule has 2 aliphatic rings. The monoisotopic (exact) mass is 649 g/mol. The van der Waals surface area contributed by atoms with Gasteiger partial charge >= 0.3 is 6.18 Å². The van der Waals surface area contributed by atoms with Crippen molar-refractivity contribution in [3.8, 4) is 5.75 Å². The van der Waals surface area contributed by atoms with Gasteiger partial charge in [0.05, 0.1) is 5.56 Å². The molecule has 0 saturated carbocycles. The van der Waals surface area contributed by atoms with Gasteiger partial charge in [0.15, 0.2) is 6.29 Å². The van der Waals surface area contributed by atoms with E-state index in [-0.39, 0.29) is 24.0 Å². The fourth-order valence-electron chi connectivity index (χ4n) is 6.63. The van der Waals surface area contributed by atoms with Crippen LogP contribution in [0, 0.1) is 5.92 Å². The molecule has 0 bridgehead atoms. The van der Waals surface area contributed by atoms with Crippen molar-refractivity contribution in [1.29, 1.82) is 0 Å². The first kappa shape index (κ1) is 32.7. The van der Waals surface area contributed by atoms with Crippen molar-refractivity contribution in [1.82, 2.24) is 0 Å². The number of alkyl halides is 5. The first-order valence-electron chi connectivity index (χ1n) is 15.6. The standard InChI is InChI=1S/C38H36F5NO3/c1-45-36(46-2)28-18-20-44(21-19-28)30-14-10-27(11-15-30)35-32-17-16-31(47-24-25-6-4-3-5-7-25)22-34(32)37(39,40)23-33(35)26-8-12-29(13-9-26)38(41,42)43/h3-17,22,28,36H,18-21,23-24H2,1-2H3. The van der Waals surface area contributed by atoms with Gasteiger partial charge in [0.2, 0.25) is 0 Å².